The van der Waals surface area contributed by atoms with E-state index < -0.39 is 0 Å². The molecule has 0 fully saturated rings. The first-order chi connectivity index (χ1) is 11.1. The predicted molar refractivity (Wildman–Crippen MR) is 93.3 cm³/mol. The van der Waals surface area contributed by atoms with Gasteiger partial charge in [0.15, 0.2) is 0 Å². The number of hydrogen-bond donors (Lipinski definition) is 1. The molecule has 2 aromatic carbocycles. The molecule has 1 N–H and O–H groups in total. The lowest BCUT2D eigenvalue weighted by Crippen LogP contribution is -2.05. The normalized spacial score (nSPS) is 12.1. The molecule has 0 saturated heterocycles. The van der Waals surface area contributed by atoms with E-state index in [9.17, 15) is 0 Å². The minimum absolute atomic E-state index is 0.137. The lowest BCUT2D eigenvalue weighted by molar-refractivity contribution is 0.225. The maximum atomic E-state index is 6.13. The third kappa shape index (κ3) is 3.87. The molecule has 0 aliphatic heterocycles. The molecule has 0 amide bonds. The molecule has 3 aromatic rings. The molecule has 0 aliphatic rings. The summed E-state index contributed by atoms with van der Waals surface area (Å²) in [5.41, 5.74) is 2.06. The van der Waals surface area contributed by atoms with Crippen molar-refractivity contribution in [1.82, 2.24) is 9.97 Å². The van der Waals surface area contributed by atoms with Gasteiger partial charge in [0.2, 0.25) is 0 Å². The Morgan fingerprint density at radius 1 is 1.13 bits per heavy atom. The fourth-order valence-electron chi connectivity index (χ4n) is 2.36. The Hall–Kier alpha value is -1.97. The Morgan fingerprint density at radius 2 is 1.96 bits per heavy atom. The summed E-state index contributed by atoms with van der Waals surface area (Å²) in [5, 5.41) is 1.07. The highest BCUT2D eigenvalue weighted by atomic mass is 35.5. The van der Waals surface area contributed by atoms with Gasteiger partial charge in [0, 0.05) is 24.4 Å². The smallest absolute Gasteiger partial charge is 0.123 e. The van der Waals surface area contributed by atoms with Gasteiger partial charge in [0.05, 0.1) is 10.0 Å². The zero-order valence-corrected chi connectivity index (χ0v) is 14.1. The largest absolute Gasteiger partial charge is 0.486 e. The molecule has 0 bridgehead atoms. The number of nitrogens with one attached hydrogen (secondary N) is 1. The number of rotatable bonds is 5. The van der Waals surface area contributed by atoms with E-state index in [1.54, 1.807) is 12.3 Å². The van der Waals surface area contributed by atoms with Crippen LogP contribution in [0.1, 0.15) is 30.0 Å². The van der Waals surface area contributed by atoms with E-state index in [1.807, 2.05) is 49.5 Å². The van der Waals surface area contributed by atoms with Crippen molar-refractivity contribution >= 4 is 23.2 Å². The fraction of sp³-hybridized carbons (Fsp3) is 0.167. The molecule has 1 heterocycles. The highest BCUT2D eigenvalue weighted by Crippen LogP contribution is 2.30. The Balaban J connectivity index is 1.80. The van der Waals surface area contributed by atoms with E-state index in [4.69, 9.17) is 27.9 Å². The summed E-state index contributed by atoms with van der Waals surface area (Å²) in [6.45, 7) is 1.99. The number of aromatic amines is 1. The average Bonchev–Trinajstić information content (AvgIpc) is 3.05. The van der Waals surface area contributed by atoms with Crippen molar-refractivity contribution in [1.29, 1.82) is 0 Å². The number of ether oxygens (including phenoxy) is 1. The molecule has 0 saturated carbocycles. The summed E-state index contributed by atoms with van der Waals surface area (Å²) in [7, 11) is 0. The SMILES string of the molecule is CC(Oc1ccccc1Cc1ncc[nH]1)c1ccc(Cl)c(Cl)c1. The Morgan fingerprint density at radius 3 is 2.70 bits per heavy atom. The molecular weight excluding hydrogens is 331 g/mol. The van der Waals surface area contributed by atoms with Crippen molar-refractivity contribution in [2.45, 2.75) is 19.4 Å². The van der Waals surface area contributed by atoms with Gasteiger partial charge < -0.3 is 9.72 Å². The number of benzene rings is 2. The first-order valence-corrected chi connectivity index (χ1v) is 8.07. The zero-order chi connectivity index (χ0) is 16.2. The number of imidazole rings is 1. The Labute approximate surface area is 145 Å². The van der Waals surface area contributed by atoms with Crippen LogP contribution in [0, 0.1) is 0 Å². The summed E-state index contributed by atoms with van der Waals surface area (Å²) in [5.74, 6) is 1.74. The van der Waals surface area contributed by atoms with Gasteiger partial charge in [-0.15, -0.1) is 0 Å². The molecule has 23 heavy (non-hydrogen) atoms. The van der Waals surface area contributed by atoms with E-state index in [-0.39, 0.29) is 6.10 Å². The molecule has 0 spiro atoms. The first-order valence-electron chi connectivity index (χ1n) is 7.31. The van der Waals surface area contributed by atoms with Crippen LogP contribution >= 0.6 is 23.2 Å². The van der Waals surface area contributed by atoms with E-state index >= 15 is 0 Å². The number of halogens is 2. The van der Waals surface area contributed by atoms with Crippen molar-refractivity contribution < 1.29 is 4.74 Å². The highest BCUT2D eigenvalue weighted by molar-refractivity contribution is 6.42. The molecule has 118 valence electrons. The van der Waals surface area contributed by atoms with E-state index in [0.29, 0.717) is 16.5 Å². The number of H-pyrrole nitrogens is 1. The van der Waals surface area contributed by atoms with Gasteiger partial charge in [-0.25, -0.2) is 4.98 Å². The van der Waals surface area contributed by atoms with Crippen molar-refractivity contribution in [3.8, 4) is 5.75 Å². The quantitative estimate of drug-likeness (QED) is 0.667. The molecule has 5 heteroatoms. The lowest BCUT2D eigenvalue weighted by Gasteiger charge is -2.18. The second kappa shape index (κ2) is 7.07. The summed E-state index contributed by atoms with van der Waals surface area (Å²) in [6, 6.07) is 13.5. The Kier molecular flexibility index (Phi) is 4.89. The van der Waals surface area contributed by atoms with Gasteiger partial charge in [0.1, 0.15) is 17.7 Å². The maximum absolute atomic E-state index is 6.13. The predicted octanol–water partition coefficient (Wildman–Crippen LogP) is 5.45. The lowest BCUT2D eigenvalue weighted by atomic mass is 10.1. The number of nitrogens with zero attached hydrogens (tertiary/aromatic N) is 1. The Bertz CT molecular complexity index is 787. The van der Waals surface area contributed by atoms with Crippen LogP contribution in [0.15, 0.2) is 54.9 Å². The zero-order valence-electron chi connectivity index (χ0n) is 12.6. The van der Waals surface area contributed by atoms with E-state index in [0.717, 1.165) is 22.7 Å². The number of hydrogen-bond acceptors (Lipinski definition) is 2. The van der Waals surface area contributed by atoms with Crippen molar-refractivity contribution in [3.63, 3.8) is 0 Å². The van der Waals surface area contributed by atoms with Crippen LogP contribution in [0.4, 0.5) is 0 Å². The second-order valence-electron chi connectivity index (χ2n) is 5.25. The van der Waals surface area contributed by atoms with Crippen LogP contribution in [-0.2, 0) is 6.42 Å². The molecule has 1 atom stereocenters. The second-order valence-corrected chi connectivity index (χ2v) is 6.07. The van der Waals surface area contributed by atoms with Crippen LogP contribution in [0.25, 0.3) is 0 Å². The monoisotopic (exact) mass is 346 g/mol. The van der Waals surface area contributed by atoms with Gasteiger partial charge in [-0.1, -0.05) is 47.5 Å². The summed E-state index contributed by atoms with van der Waals surface area (Å²) in [4.78, 5) is 7.38. The van der Waals surface area contributed by atoms with E-state index in [1.165, 1.54) is 0 Å². The third-order valence-corrected chi connectivity index (χ3v) is 4.34. The third-order valence-electron chi connectivity index (χ3n) is 3.60. The van der Waals surface area contributed by atoms with Crippen LogP contribution in [0.3, 0.4) is 0 Å². The van der Waals surface area contributed by atoms with Crippen LogP contribution in [0.5, 0.6) is 5.75 Å². The average molecular weight is 347 g/mol. The molecule has 1 unspecified atom stereocenters. The summed E-state index contributed by atoms with van der Waals surface area (Å²) < 4.78 is 6.13. The van der Waals surface area contributed by atoms with Crippen molar-refractivity contribution in [2.24, 2.45) is 0 Å². The molecule has 3 rings (SSSR count). The molecule has 1 aromatic heterocycles. The van der Waals surface area contributed by atoms with Gasteiger partial charge >= 0.3 is 0 Å². The van der Waals surface area contributed by atoms with Crippen LogP contribution in [-0.4, -0.2) is 9.97 Å². The number of aromatic nitrogens is 2. The van der Waals surface area contributed by atoms with Crippen LogP contribution < -0.4 is 4.74 Å². The highest BCUT2D eigenvalue weighted by Gasteiger charge is 2.12. The minimum atomic E-state index is -0.137. The fourth-order valence-corrected chi connectivity index (χ4v) is 2.67. The molecule has 0 radical (unpaired) electrons. The maximum Gasteiger partial charge on any atom is 0.123 e. The topological polar surface area (TPSA) is 37.9 Å². The summed E-state index contributed by atoms with van der Waals surface area (Å²) >= 11 is 12.1. The molecule has 0 aliphatic carbocycles. The summed E-state index contributed by atoms with van der Waals surface area (Å²) in [6.07, 6.45) is 4.12. The first kappa shape index (κ1) is 15.9. The van der Waals surface area contributed by atoms with Crippen molar-refractivity contribution in [2.75, 3.05) is 0 Å². The molecule has 3 nitrogen and oxygen atoms in total. The molecular formula is C18H16Cl2N2O. The number of para-hydroxylation sites is 1. The standard InChI is InChI=1S/C18H16Cl2N2O/c1-12(13-6-7-15(19)16(20)10-13)23-17-5-3-2-4-14(17)11-18-21-8-9-22-18/h2-10,12H,11H2,1H3,(H,21,22). The van der Waals surface area contributed by atoms with Crippen molar-refractivity contribution in [3.05, 3.63) is 81.9 Å². The minimum Gasteiger partial charge on any atom is -0.486 e. The van der Waals surface area contributed by atoms with Crippen LogP contribution in [0.2, 0.25) is 10.0 Å². The van der Waals surface area contributed by atoms with Gasteiger partial charge in [0.25, 0.3) is 0 Å². The van der Waals surface area contributed by atoms with Gasteiger partial charge in [-0.3, -0.25) is 0 Å². The van der Waals surface area contributed by atoms with Gasteiger partial charge in [-0.05, 0) is 30.7 Å². The van der Waals surface area contributed by atoms with Gasteiger partial charge in [-0.2, -0.15) is 0 Å². The van der Waals surface area contributed by atoms with E-state index in [2.05, 4.69) is 9.97 Å².